The summed E-state index contributed by atoms with van der Waals surface area (Å²) in [4.78, 5) is 0. The summed E-state index contributed by atoms with van der Waals surface area (Å²) in [5, 5.41) is 4.76. The first-order valence-electron chi connectivity index (χ1n) is 8.07. The number of nitrogens with one attached hydrogen (secondary N) is 1. The van der Waals surface area contributed by atoms with Gasteiger partial charge in [0.05, 0.1) is 6.61 Å². The van der Waals surface area contributed by atoms with Gasteiger partial charge in [-0.3, -0.25) is 0 Å². The van der Waals surface area contributed by atoms with Gasteiger partial charge >= 0.3 is 0 Å². The number of hydrogen-bond donors (Lipinski definition) is 1. The average molecular weight is 288 g/mol. The summed E-state index contributed by atoms with van der Waals surface area (Å²) >= 11 is 0. The molecule has 0 aliphatic heterocycles. The number of rotatable bonds is 9. The van der Waals surface area contributed by atoms with E-state index in [2.05, 4.69) is 61.1 Å². The van der Waals surface area contributed by atoms with Crippen molar-refractivity contribution in [1.29, 1.82) is 0 Å². The van der Waals surface area contributed by atoms with E-state index in [0.29, 0.717) is 5.92 Å². The number of ether oxygens (including phenoxy) is 1. The van der Waals surface area contributed by atoms with Gasteiger partial charge < -0.3 is 14.6 Å². The van der Waals surface area contributed by atoms with Gasteiger partial charge in [0.2, 0.25) is 0 Å². The summed E-state index contributed by atoms with van der Waals surface area (Å²) in [6.07, 6.45) is 3.33. The van der Waals surface area contributed by atoms with Gasteiger partial charge in [-0.25, -0.2) is 0 Å². The van der Waals surface area contributed by atoms with Crippen LogP contribution in [0.25, 0.3) is 10.9 Å². The molecule has 1 aromatic carbocycles. The molecule has 1 aromatic heterocycles. The lowest BCUT2D eigenvalue weighted by molar-refractivity contribution is 0.104. The normalized spacial score (nSPS) is 11.6. The summed E-state index contributed by atoms with van der Waals surface area (Å²) in [6, 6.07) is 8.90. The lowest BCUT2D eigenvalue weighted by Gasteiger charge is -2.10. The second-order valence-corrected chi connectivity index (χ2v) is 6.05. The quantitative estimate of drug-likeness (QED) is 0.710. The van der Waals surface area contributed by atoms with Crippen molar-refractivity contribution in [3.05, 3.63) is 36.0 Å². The summed E-state index contributed by atoms with van der Waals surface area (Å²) in [5.41, 5.74) is 2.65. The van der Waals surface area contributed by atoms with Crippen molar-refractivity contribution in [3.63, 3.8) is 0 Å². The van der Waals surface area contributed by atoms with Gasteiger partial charge in [0.15, 0.2) is 0 Å². The standard InChI is InChI=1S/C18H28N2O/c1-4-8-19-13-16-5-6-17-7-9-20(18(17)12-16)10-11-21-14-15(2)3/h5-7,9,12,15,19H,4,8,10-11,13-14H2,1-3H3. The van der Waals surface area contributed by atoms with Crippen molar-refractivity contribution >= 4 is 10.9 Å². The highest BCUT2D eigenvalue weighted by Gasteiger charge is 2.03. The summed E-state index contributed by atoms with van der Waals surface area (Å²) in [7, 11) is 0. The zero-order valence-electron chi connectivity index (χ0n) is 13.6. The minimum atomic E-state index is 0.600. The molecule has 3 heteroatoms. The molecule has 1 N–H and O–H groups in total. The largest absolute Gasteiger partial charge is 0.379 e. The molecule has 0 saturated carbocycles. The van der Waals surface area contributed by atoms with Gasteiger partial charge in [-0.1, -0.05) is 32.9 Å². The highest BCUT2D eigenvalue weighted by Crippen LogP contribution is 2.18. The molecule has 3 nitrogen and oxygen atoms in total. The van der Waals surface area contributed by atoms with Gasteiger partial charge in [0.25, 0.3) is 0 Å². The molecule has 0 fully saturated rings. The second-order valence-electron chi connectivity index (χ2n) is 6.05. The Morgan fingerprint density at radius 3 is 2.86 bits per heavy atom. The van der Waals surface area contributed by atoms with Crippen LogP contribution in [0, 0.1) is 5.92 Å². The van der Waals surface area contributed by atoms with E-state index in [0.717, 1.165) is 32.8 Å². The van der Waals surface area contributed by atoms with Gasteiger partial charge in [0.1, 0.15) is 0 Å². The van der Waals surface area contributed by atoms with Crippen molar-refractivity contribution < 1.29 is 4.74 Å². The molecular weight excluding hydrogens is 260 g/mol. The van der Waals surface area contributed by atoms with Crippen molar-refractivity contribution in [2.45, 2.75) is 40.3 Å². The SMILES string of the molecule is CCCNCc1ccc2ccn(CCOCC(C)C)c2c1. The Kier molecular flexibility index (Phi) is 6.27. The fourth-order valence-corrected chi connectivity index (χ4v) is 2.43. The summed E-state index contributed by atoms with van der Waals surface area (Å²) in [5.74, 6) is 0.600. The first-order valence-corrected chi connectivity index (χ1v) is 8.07. The van der Waals surface area contributed by atoms with Crippen LogP contribution in [-0.4, -0.2) is 24.3 Å². The van der Waals surface area contributed by atoms with Crippen molar-refractivity contribution in [1.82, 2.24) is 9.88 Å². The Labute approximate surface area is 128 Å². The van der Waals surface area contributed by atoms with Gasteiger partial charge in [-0.2, -0.15) is 0 Å². The summed E-state index contributed by atoms with van der Waals surface area (Å²) in [6.45, 7) is 11.1. The highest BCUT2D eigenvalue weighted by atomic mass is 16.5. The zero-order chi connectivity index (χ0) is 15.1. The molecule has 0 saturated heterocycles. The lowest BCUT2D eigenvalue weighted by atomic mass is 10.1. The fraction of sp³-hybridized carbons (Fsp3) is 0.556. The topological polar surface area (TPSA) is 26.2 Å². The van der Waals surface area contributed by atoms with E-state index >= 15 is 0 Å². The van der Waals surface area contributed by atoms with E-state index in [4.69, 9.17) is 4.74 Å². The first-order chi connectivity index (χ1) is 10.2. The number of nitrogens with zero attached hydrogens (tertiary/aromatic N) is 1. The van der Waals surface area contributed by atoms with Gasteiger partial charge in [-0.15, -0.1) is 0 Å². The van der Waals surface area contributed by atoms with Crippen LogP contribution >= 0.6 is 0 Å². The smallest absolute Gasteiger partial charge is 0.0645 e. The molecular formula is C18H28N2O. The molecule has 0 atom stereocenters. The molecule has 0 bridgehead atoms. The van der Waals surface area contributed by atoms with E-state index in [1.54, 1.807) is 0 Å². The minimum Gasteiger partial charge on any atom is -0.379 e. The maximum absolute atomic E-state index is 5.69. The van der Waals surface area contributed by atoms with Crippen LogP contribution in [0.5, 0.6) is 0 Å². The van der Waals surface area contributed by atoms with Crippen LogP contribution in [0.1, 0.15) is 32.8 Å². The average Bonchev–Trinajstić information content (AvgIpc) is 2.86. The predicted molar refractivity (Wildman–Crippen MR) is 89.6 cm³/mol. The molecule has 0 aliphatic carbocycles. The number of benzene rings is 1. The van der Waals surface area contributed by atoms with Crippen molar-refractivity contribution in [3.8, 4) is 0 Å². The fourth-order valence-electron chi connectivity index (χ4n) is 2.43. The summed E-state index contributed by atoms with van der Waals surface area (Å²) < 4.78 is 7.98. The maximum Gasteiger partial charge on any atom is 0.0645 e. The number of hydrogen-bond acceptors (Lipinski definition) is 2. The Morgan fingerprint density at radius 1 is 1.24 bits per heavy atom. The molecule has 2 aromatic rings. The third kappa shape index (κ3) is 4.87. The first kappa shape index (κ1) is 16.1. The van der Waals surface area contributed by atoms with E-state index in [-0.39, 0.29) is 0 Å². The highest BCUT2D eigenvalue weighted by molar-refractivity contribution is 5.80. The van der Waals surface area contributed by atoms with Crippen LogP contribution in [0.4, 0.5) is 0 Å². The third-order valence-corrected chi connectivity index (χ3v) is 3.52. The van der Waals surface area contributed by atoms with Crippen LogP contribution in [-0.2, 0) is 17.8 Å². The van der Waals surface area contributed by atoms with Crippen LogP contribution in [0.3, 0.4) is 0 Å². The van der Waals surface area contributed by atoms with Crippen molar-refractivity contribution in [2.75, 3.05) is 19.8 Å². The molecule has 21 heavy (non-hydrogen) atoms. The number of aromatic nitrogens is 1. The molecule has 116 valence electrons. The predicted octanol–water partition coefficient (Wildman–Crippen LogP) is 3.81. The molecule has 0 unspecified atom stereocenters. The third-order valence-electron chi connectivity index (χ3n) is 3.52. The Morgan fingerprint density at radius 2 is 2.10 bits per heavy atom. The lowest BCUT2D eigenvalue weighted by Crippen LogP contribution is -2.13. The van der Waals surface area contributed by atoms with E-state index in [1.165, 1.54) is 22.9 Å². The molecule has 2 rings (SSSR count). The van der Waals surface area contributed by atoms with Crippen molar-refractivity contribution in [2.24, 2.45) is 5.92 Å². The van der Waals surface area contributed by atoms with Crippen LogP contribution in [0.2, 0.25) is 0 Å². The molecule has 0 spiro atoms. The monoisotopic (exact) mass is 288 g/mol. The minimum absolute atomic E-state index is 0.600. The Hall–Kier alpha value is -1.32. The second kappa shape index (κ2) is 8.20. The zero-order valence-corrected chi connectivity index (χ0v) is 13.6. The van der Waals surface area contributed by atoms with Crippen LogP contribution in [0.15, 0.2) is 30.5 Å². The van der Waals surface area contributed by atoms with Gasteiger partial charge in [-0.05, 0) is 42.0 Å². The van der Waals surface area contributed by atoms with Gasteiger partial charge in [0, 0.05) is 31.4 Å². The van der Waals surface area contributed by atoms with E-state index < -0.39 is 0 Å². The van der Waals surface area contributed by atoms with E-state index in [9.17, 15) is 0 Å². The maximum atomic E-state index is 5.69. The number of fused-ring (bicyclic) bond motifs is 1. The molecule has 0 amide bonds. The van der Waals surface area contributed by atoms with Crippen LogP contribution < -0.4 is 5.32 Å². The molecule has 0 radical (unpaired) electrons. The molecule has 0 aliphatic rings. The molecule has 1 heterocycles. The van der Waals surface area contributed by atoms with E-state index in [1.807, 2.05) is 0 Å². The Balaban J connectivity index is 1.97. The Bertz CT molecular complexity index is 545.